The first-order valence-electron chi connectivity index (χ1n) is 3.57. The van der Waals surface area contributed by atoms with Gasteiger partial charge in [0.2, 0.25) is 0 Å². The van der Waals surface area contributed by atoms with Gasteiger partial charge in [-0.3, -0.25) is 0 Å². The first kappa shape index (κ1) is 17.6. The van der Waals surface area contributed by atoms with Crippen LogP contribution in [0.1, 0.15) is 0 Å². The third-order valence-corrected chi connectivity index (χ3v) is 3.14. The Morgan fingerprint density at radius 2 is 1.22 bits per heavy atom. The van der Waals surface area contributed by atoms with Crippen LogP contribution in [0.5, 0.6) is 0 Å². The SMILES string of the molecule is COC(F)(F)C(F)(F)C(F)(F)C(F)(F)S(=O)(=O)Cl. The smallest absolute Gasteiger partial charge is 0.319 e. The molecule has 0 saturated carbocycles. The van der Waals surface area contributed by atoms with Gasteiger partial charge >= 0.3 is 32.3 Å². The summed E-state index contributed by atoms with van der Waals surface area (Å²) in [5.74, 6) is -13.8. The Balaban J connectivity index is 5.96. The summed E-state index contributed by atoms with van der Waals surface area (Å²) in [6.45, 7) is 0. The zero-order valence-corrected chi connectivity index (χ0v) is 9.61. The molecule has 3 nitrogen and oxygen atoms in total. The molecule has 0 saturated heterocycles. The van der Waals surface area contributed by atoms with E-state index < -0.39 is 32.3 Å². The molecule has 0 aliphatic rings. The maximum absolute atomic E-state index is 12.6. The van der Waals surface area contributed by atoms with Gasteiger partial charge in [0, 0.05) is 17.8 Å². The number of hydrogen-bond acceptors (Lipinski definition) is 3. The Labute approximate surface area is 99.1 Å². The molecule has 110 valence electrons. The van der Waals surface area contributed by atoms with Crippen LogP contribution in [0.25, 0.3) is 0 Å². The van der Waals surface area contributed by atoms with Crippen LogP contribution in [0.2, 0.25) is 0 Å². The lowest BCUT2D eigenvalue weighted by Gasteiger charge is -2.34. The van der Waals surface area contributed by atoms with Crippen molar-refractivity contribution in [1.82, 2.24) is 0 Å². The second-order valence-electron chi connectivity index (χ2n) is 2.82. The molecule has 0 spiro atoms. The summed E-state index contributed by atoms with van der Waals surface area (Å²) >= 11 is 0. The highest BCUT2D eigenvalue weighted by molar-refractivity contribution is 8.14. The average Bonchev–Trinajstić information content (AvgIpc) is 2.15. The van der Waals surface area contributed by atoms with E-state index in [1.807, 2.05) is 0 Å². The van der Waals surface area contributed by atoms with E-state index in [0.717, 1.165) is 0 Å². The van der Waals surface area contributed by atoms with E-state index in [0.29, 0.717) is 0 Å². The largest absolute Gasteiger partial charge is 0.427 e. The molecule has 0 heterocycles. The van der Waals surface area contributed by atoms with Crippen molar-refractivity contribution in [2.24, 2.45) is 0 Å². The molecule has 0 amide bonds. The number of methoxy groups -OCH3 is 1. The summed E-state index contributed by atoms with van der Waals surface area (Å²) < 4.78 is 123. The predicted octanol–water partition coefficient (Wildman–Crippen LogP) is 2.66. The summed E-state index contributed by atoms with van der Waals surface area (Å²) in [4.78, 5) is 0. The van der Waals surface area contributed by atoms with Crippen molar-refractivity contribution in [3.05, 3.63) is 0 Å². The van der Waals surface area contributed by atoms with Crippen molar-refractivity contribution in [1.29, 1.82) is 0 Å². The number of halogens is 9. The Morgan fingerprint density at radius 3 is 1.44 bits per heavy atom. The van der Waals surface area contributed by atoms with Crippen LogP contribution in [0.15, 0.2) is 0 Å². The molecule has 0 radical (unpaired) electrons. The molecule has 0 aromatic rings. The van der Waals surface area contributed by atoms with Gasteiger partial charge < -0.3 is 4.74 Å². The maximum atomic E-state index is 12.6. The van der Waals surface area contributed by atoms with Gasteiger partial charge in [-0.05, 0) is 0 Å². The van der Waals surface area contributed by atoms with Crippen LogP contribution in [0.4, 0.5) is 35.1 Å². The molecule has 0 aliphatic heterocycles. The van der Waals surface area contributed by atoms with Crippen molar-refractivity contribution < 1.29 is 48.3 Å². The van der Waals surface area contributed by atoms with Gasteiger partial charge in [-0.15, -0.1) is 0 Å². The van der Waals surface area contributed by atoms with Crippen molar-refractivity contribution in [3.63, 3.8) is 0 Å². The minimum atomic E-state index is -7.00. The Kier molecular flexibility index (Phi) is 4.25. The van der Waals surface area contributed by atoms with Gasteiger partial charge in [-0.1, -0.05) is 0 Å². The van der Waals surface area contributed by atoms with E-state index in [4.69, 9.17) is 0 Å². The highest BCUT2D eigenvalue weighted by Gasteiger charge is 2.85. The molecule has 0 fully saturated rings. The summed E-state index contributed by atoms with van der Waals surface area (Å²) in [6.07, 6.45) is -6.04. The summed E-state index contributed by atoms with van der Waals surface area (Å²) in [5, 5.41) is -6.63. The molecular formula is C5H3ClF8O3S. The average molecular weight is 331 g/mol. The second-order valence-corrected chi connectivity index (χ2v) is 5.43. The minimum absolute atomic E-state index is 0.169. The predicted molar refractivity (Wildman–Crippen MR) is 41.6 cm³/mol. The molecule has 0 unspecified atom stereocenters. The first-order valence-corrected chi connectivity index (χ1v) is 5.88. The lowest BCUT2D eigenvalue weighted by molar-refractivity contribution is -0.411. The normalized spacial score (nSPS) is 15.9. The van der Waals surface area contributed by atoms with Crippen LogP contribution < -0.4 is 0 Å². The van der Waals surface area contributed by atoms with Crippen LogP contribution >= 0.6 is 10.7 Å². The molecule has 0 aromatic carbocycles. The molecule has 0 bridgehead atoms. The van der Waals surface area contributed by atoms with Gasteiger partial charge in [0.25, 0.3) is 0 Å². The maximum Gasteiger partial charge on any atom is 0.427 e. The Hall–Kier alpha value is -0.360. The first-order chi connectivity index (χ1) is 7.56. The van der Waals surface area contributed by atoms with Gasteiger partial charge in [-0.25, -0.2) is 8.42 Å². The molecule has 0 aromatic heterocycles. The van der Waals surface area contributed by atoms with E-state index in [1.54, 1.807) is 0 Å². The fraction of sp³-hybridized carbons (Fsp3) is 1.00. The van der Waals surface area contributed by atoms with Crippen LogP contribution in [0.3, 0.4) is 0 Å². The number of hydrogen-bond donors (Lipinski definition) is 0. The van der Waals surface area contributed by atoms with Gasteiger partial charge in [0.1, 0.15) is 0 Å². The topological polar surface area (TPSA) is 43.4 Å². The van der Waals surface area contributed by atoms with Crippen LogP contribution in [-0.4, -0.2) is 38.7 Å². The molecule has 18 heavy (non-hydrogen) atoms. The quantitative estimate of drug-likeness (QED) is 0.575. The summed E-state index contributed by atoms with van der Waals surface area (Å²) in [5.41, 5.74) is 0. The lowest BCUT2D eigenvalue weighted by Crippen LogP contribution is -2.64. The van der Waals surface area contributed by atoms with Crippen molar-refractivity contribution in [3.8, 4) is 0 Å². The fourth-order valence-corrected chi connectivity index (χ4v) is 1.37. The molecule has 0 rings (SSSR count). The van der Waals surface area contributed by atoms with Gasteiger partial charge in [-0.2, -0.15) is 35.1 Å². The summed E-state index contributed by atoms with van der Waals surface area (Å²) in [6, 6.07) is 0. The fourth-order valence-electron chi connectivity index (χ4n) is 0.647. The minimum Gasteiger partial charge on any atom is -0.319 e. The Morgan fingerprint density at radius 1 is 0.889 bits per heavy atom. The lowest BCUT2D eigenvalue weighted by atomic mass is 10.1. The molecular weight excluding hydrogens is 328 g/mol. The molecule has 13 heteroatoms. The van der Waals surface area contributed by atoms with Gasteiger partial charge in [0.15, 0.2) is 0 Å². The Bertz CT molecular complexity index is 418. The second kappa shape index (κ2) is 4.34. The third kappa shape index (κ3) is 2.25. The van der Waals surface area contributed by atoms with Gasteiger partial charge in [0.05, 0.1) is 0 Å². The van der Waals surface area contributed by atoms with E-state index >= 15 is 0 Å². The highest BCUT2D eigenvalue weighted by atomic mass is 35.7. The molecule has 0 atom stereocenters. The highest BCUT2D eigenvalue weighted by Crippen LogP contribution is 2.54. The number of ether oxygens (including phenoxy) is 1. The zero-order chi connectivity index (χ0) is 15.2. The summed E-state index contributed by atoms with van der Waals surface area (Å²) in [7, 11) is -2.93. The monoisotopic (exact) mass is 330 g/mol. The van der Waals surface area contributed by atoms with E-state index in [1.165, 1.54) is 0 Å². The molecule has 0 aliphatic carbocycles. The number of rotatable bonds is 5. The van der Waals surface area contributed by atoms with E-state index in [2.05, 4.69) is 15.4 Å². The van der Waals surface area contributed by atoms with E-state index in [-0.39, 0.29) is 7.11 Å². The van der Waals surface area contributed by atoms with E-state index in [9.17, 15) is 43.5 Å². The molecule has 0 N–H and O–H groups in total. The van der Waals surface area contributed by atoms with Crippen LogP contribution in [0, 0.1) is 0 Å². The third-order valence-electron chi connectivity index (χ3n) is 1.69. The number of alkyl halides is 8. The zero-order valence-electron chi connectivity index (χ0n) is 8.03. The van der Waals surface area contributed by atoms with Crippen molar-refractivity contribution in [2.75, 3.05) is 7.11 Å². The van der Waals surface area contributed by atoms with Crippen molar-refractivity contribution >= 4 is 19.7 Å². The standard InChI is InChI=1S/C5H3ClF8O3S/c1-17-4(11,12)2(7,8)3(9,10)5(13,14)18(6,15)16/h1H3. The van der Waals surface area contributed by atoms with Crippen LogP contribution in [-0.2, 0) is 13.8 Å². The van der Waals surface area contributed by atoms with Crippen molar-refractivity contribution in [2.45, 2.75) is 23.2 Å².